The summed E-state index contributed by atoms with van der Waals surface area (Å²) in [5, 5.41) is 8.26. The molecule has 2 heterocycles. The fraction of sp³-hybridized carbons (Fsp3) is 0.517. The van der Waals surface area contributed by atoms with Gasteiger partial charge in [-0.3, -0.25) is 14.2 Å². The second-order valence-corrected chi connectivity index (χ2v) is 13.7. The van der Waals surface area contributed by atoms with Gasteiger partial charge in [0, 0.05) is 44.1 Å². The summed E-state index contributed by atoms with van der Waals surface area (Å²) in [7, 11) is -1.67. The van der Waals surface area contributed by atoms with Crippen LogP contribution in [0.2, 0.25) is 0 Å². The van der Waals surface area contributed by atoms with Crippen LogP contribution in [0.5, 0.6) is 0 Å². The molecule has 0 radical (unpaired) electrons. The topological polar surface area (TPSA) is 106 Å². The lowest BCUT2D eigenvalue weighted by molar-refractivity contribution is -0.169. The van der Waals surface area contributed by atoms with Crippen molar-refractivity contribution in [3.63, 3.8) is 0 Å². The molecular formula is C29H35F2N5O4S. The Kier molecular flexibility index (Phi) is 6.96. The summed E-state index contributed by atoms with van der Waals surface area (Å²) < 4.78 is 60.8. The maximum Gasteiger partial charge on any atom is 0.257 e. The number of alkyl halides is 2. The summed E-state index contributed by atoms with van der Waals surface area (Å²) in [6, 6.07) is 10.5. The number of rotatable bonds is 9. The van der Waals surface area contributed by atoms with Crippen LogP contribution in [-0.4, -0.2) is 55.0 Å². The molecule has 9 nitrogen and oxygen atoms in total. The second-order valence-electron chi connectivity index (χ2n) is 11.7. The number of ether oxygens (including phenoxy) is 1. The highest BCUT2D eigenvalue weighted by Gasteiger charge is 2.46. The molecule has 2 saturated carbocycles. The molecule has 1 saturated heterocycles. The Hall–Kier alpha value is -3.25. The van der Waals surface area contributed by atoms with Crippen LogP contribution in [0.15, 0.2) is 36.4 Å². The van der Waals surface area contributed by atoms with Gasteiger partial charge in [-0.1, -0.05) is 0 Å². The van der Waals surface area contributed by atoms with E-state index in [0.29, 0.717) is 33.7 Å². The van der Waals surface area contributed by atoms with Crippen LogP contribution in [0.4, 0.5) is 25.8 Å². The first-order valence-corrected chi connectivity index (χ1v) is 15.8. The standard InChI is InChI=1S/C29H35F2N5O4S/c1-3-41(38,39)34-20-4-6-22(26(15-20)36-12-10-28(8-9-28)11-13-36)27(37)32-19-5-7-25-23(14-19)24(33-35(25)2)18-40-21-16-29(30,31)17-21/h4-7,14-15,21,34H,3,8-13,16-18H2,1-2H3,(H,32,37). The first kappa shape index (κ1) is 27.9. The van der Waals surface area contributed by atoms with Gasteiger partial charge in [0.2, 0.25) is 10.0 Å². The molecule has 2 aliphatic carbocycles. The van der Waals surface area contributed by atoms with E-state index in [2.05, 4.69) is 20.0 Å². The van der Waals surface area contributed by atoms with Gasteiger partial charge in [0.05, 0.1) is 46.6 Å². The van der Waals surface area contributed by atoms with Crippen LogP contribution in [0, 0.1) is 5.41 Å². The van der Waals surface area contributed by atoms with Crippen LogP contribution >= 0.6 is 0 Å². The summed E-state index contributed by atoms with van der Waals surface area (Å²) in [5.74, 6) is -3.01. The van der Waals surface area contributed by atoms with Gasteiger partial charge in [0.25, 0.3) is 11.8 Å². The minimum Gasteiger partial charge on any atom is -0.371 e. The number of sulfonamides is 1. The second kappa shape index (κ2) is 10.2. The van der Waals surface area contributed by atoms with Crippen molar-refractivity contribution in [2.45, 2.75) is 64.1 Å². The Balaban J connectivity index is 1.23. The fourth-order valence-corrected chi connectivity index (χ4v) is 6.47. The monoisotopic (exact) mass is 587 g/mol. The number of fused-ring (bicyclic) bond motifs is 1. The lowest BCUT2D eigenvalue weighted by Gasteiger charge is -2.35. The molecule has 2 N–H and O–H groups in total. The highest BCUT2D eigenvalue weighted by atomic mass is 32.2. The highest BCUT2D eigenvalue weighted by Crippen LogP contribution is 2.54. The number of hydrogen-bond donors (Lipinski definition) is 2. The van der Waals surface area contributed by atoms with Crippen molar-refractivity contribution in [2.75, 3.05) is 33.8 Å². The van der Waals surface area contributed by atoms with E-state index in [9.17, 15) is 22.0 Å². The molecule has 1 aliphatic heterocycles. The zero-order valence-electron chi connectivity index (χ0n) is 23.3. The number of aryl methyl sites for hydroxylation is 1. The van der Waals surface area contributed by atoms with Crippen molar-refractivity contribution in [3.8, 4) is 0 Å². The molecule has 0 bridgehead atoms. The molecule has 6 rings (SSSR count). The molecule has 3 aliphatic rings. The van der Waals surface area contributed by atoms with E-state index < -0.39 is 22.0 Å². The molecule has 1 spiro atoms. The number of nitrogens with zero attached hydrogens (tertiary/aromatic N) is 3. The predicted octanol–water partition coefficient (Wildman–Crippen LogP) is 5.28. The Bertz CT molecular complexity index is 1580. The normalized spacial score (nSPS) is 19.8. The average Bonchev–Trinajstić information content (AvgIpc) is 3.60. The van der Waals surface area contributed by atoms with E-state index >= 15 is 0 Å². The summed E-state index contributed by atoms with van der Waals surface area (Å²) in [6.45, 7) is 3.29. The van der Waals surface area contributed by atoms with Crippen molar-refractivity contribution in [1.82, 2.24) is 9.78 Å². The van der Waals surface area contributed by atoms with Crippen LogP contribution in [-0.2, 0) is 28.4 Å². The lowest BCUT2D eigenvalue weighted by Crippen LogP contribution is -2.41. The number of benzene rings is 2. The molecular weight excluding hydrogens is 552 g/mol. The summed E-state index contributed by atoms with van der Waals surface area (Å²) >= 11 is 0. The number of amides is 1. The predicted molar refractivity (Wildman–Crippen MR) is 154 cm³/mol. The zero-order valence-corrected chi connectivity index (χ0v) is 24.1. The maximum absolute atomic E-state index is 13.6. The molecule has 220 valence electrons. The summed E-state index contributed by atoms with van der Waals surface area (Å²) in [5.41, 5.74) is 4.03. The Morgan fingerprint density at radius 1 is 1.07 bits per heavy atom. The van der Waals surface area contributed by atoms with Crippen LogP contribution in [0.25, 0.3) is 10.9 Å². The van der Waals surface area contributed by atoms with Gasteiger partial charge in [-0.25, -0.2) is 17.2 Å². The van der Waals surface area contributed by atoms with Gasteiger partial charge >= 0.3 is 0 Å². The molecule has 12 heteroatoms. The van der Waals surface area contributed by atoms with E-state index in [1.54, 1.807) is 42.9 Å². The van der Waals surface area contributed by atoms with Crippen LogP contribution in [0.1, 0.15) is 61.5 Å². The summed E-state index contributed by atoms with van der Waals surface area (Å²) in [6.07, 6.45) is 3.57. The van der Waals surface area contributed by atoms with Crippen LogP contribution < -0.4 is 14.9 Å². The fourth-order valence-electron chi connectivity index (χ4n) is 5.84. The Morgan fingerprint density at radius 3 is 2.44 bits per heavy atom. The molecule has 1 aromatic heterocycles. The number of carbonyl (C=O) groups excluding carboxylic acids is 1. The first-order valence-electron chi connectivity index (χ1n) is 14.1. The Morgan fingerprint density at radius 2 is 1.78 bits per heavy atom. The highest BCUT2D eigenvalue weighted by molar-refractivity contribution is 7.92. The molecule has 0 unspecified atom stereocenters. The average molecular weight is 588 g/mol. The number of nitrogens with one attached hydrogen (secondary N) is 2. The van der Waals surface area contributed by atoms with Gasteiger partial charge in [0.15, 0.2) is 0 Å². The number of piperidine rings is 1. The number of carbonyl (C=O) groups is 1. The molecule has 3 fully saturated rings. The third-order valence-electron chi connectivity index (χ3n) is 8.71. The lowest BCUT2D eigenvalue weighted by atomic mass is 9.91. The molecule has 3 aromatic rings. The van der Waals surface area contributed by atoms with Crippen molar-refractivity contribution in [1.29, 1.82) is 0 Å². The van der Waals surface area contributed by atoms with Gasteiger partial charge in [-0.15, -0.1) is 0 Å². The van der Waals surface area contributed by atoms with Crippen molar-refractivity contribution in [3.05, 3.63) is 47.7 Å². The number of anilines is 3. The van der Waals surface area contributed by atoms with Gasteiger partial charge in [-0.2, -0.15) is 5.10 Å². The maximum atomic E-state index is 13.6. The molecule has 1 amide bonds. The SMILES string of the molecule is CCS(=O)(=O)Nc1ccc(C(=O)Nc2ccc3c(c2)c(COC2CC(F)(F)C2)nn3C)c(N2CCC3(CC2)CC3)c1. The third kappa shape index (κ3) is 5.90. The van der Waals surface area contributed by atoms with Gasteiger partial charge in [0.1, 0.15) is 0 Å². The van der Waals surface area contributed by atoms with Gasteiger partial charge in [-0.05, 0) is 74.4 Å². The van der Waals surface area contributed by atoms with E-state index in [0.717, 1.165) is 36.8 Å². The number of hydrogen-bond acceptors (Lipinski definition) is 6. The smallest absolute Gasteiger partial charge is 0.257 e. The molecule has 0 atom stereocenters. The van der Waals surface area contributed by atoms with Crippen molar-refractivity contribution >= 4 is 43.9 Å². The van der Waals surface area contributed by atoms with Crippen LogP contribution in [0.3, 0.4) is 0 Å². The third-order valence-corrected chi connectivity index (χ3v) is 10.0. The number of aromatic nitrogens is 2. The zero-order chi connectivity index (χ0) is 29.0. The molecule has 41 heavy (non-hydrogen) atoms. The van der Waals surface area contributed by atoms with E-state index in [1.807, 2.05) is 12.1 Å². The quantitative estimate of drug-likeness (QED) is 0.353. The van der Waals surface area contributed by atoms with E-state index in [-0.39, 0.29) is 31.1 Å². The first-order chi connectivity index (χ1) is 19.4. The number of halogens is 2. The minimum absolute atomic E-state index is 0.0478. The largest absolute Gasteiger partial charge is 0.371 e. The van der Waals surface area contributed by atoms with Crippen molar-refractivity contribution in [2.24, 2.45) is 12.5 Å². The van der Waals surface area contributed by atoms with E-state index in [4.69, 9.17) is 4.74 Å². The summed E-state index contributed by atoms with van der Waals surface area (Å²) in [4.78, 5) is 15.8. The van der Waals surface area contributed by atoms with Crippen molar-refractivity contribution < 1.29 is 26.7 Å². The van der Waals surface area contributed by atoms with Gasteiger partial charge < -0.3 is 15.0 Å². The minimum atomic E-state index is -3.47. The Labute approximate surface area is 238 Å². The molecule has 2 aromatic carbocycles. The van der Waals surface area contributed by atoms with E-state index in [1.165, 1.54) is 12.8 Å².